The second kappa shape index (κ2) is 6.20. The molecule has 2 rings (SSSR count). The molecule has 0 aliphatic heterocycles. The van der Waals surface area contributed by atoms with Crippen molar-refractivity contribution in [3.05, 3.63) is 48.2 Å². The molecule has 4 nitrogen and oxygen atoms in total. The highest BCUT2D eigenvalue weighted by atomic mass is 16.5. The fourth-order valence-corrected chi connectivity index (χ4v) is 2.10. The number of hydrogen-bond acceptors (Lipinski definition) is 4. The topological polar surface area (TPSA) is 51.4 Å². The number of ether oxygens (including phenoxy) is 1. The Balaban J connectivity index is 2.41. The van der Waals surface area contributed by atoms with E-state index < -0.39 is 0 Å². The van der Waals surface area contributed by atoms with Crippen LogP contribution in [0.25, 0.3) is 0 Å². The van der Waals surface area contributed by atoms with Crippen molar-refractivity contribution in [2.75, 3.05) is 25.6 Å². The first-order valence-corrected chi connectivity index (χ1v) is 6.28. The molecular formula is C15H19N3O. The molecule has 100 valence electrons. The predicted octanol–water partition coefficient (Wildman–Crippen LogP) is 2.36. The van der Waals surface area contributed by atoms with Crippen LogP contribution in [0.4, 0.5) is 11.5 Å². The molecule has 0 bridgehead atoms. The second-order valence-electron chi connectivity index (χ2n) is 4.26. The largest absolute Gasteiger partial charge is 0.495 e. The molecule has 0 atom stereocenters. The first kappa shape index (κ1) is 13.4. The third-order valence-corrected chi connectivity index (χ3v) is 3.05. The summed E-state index contributed by atoms with van der Waals surface area (Å²) in [6.07, 6.45) is 2.60. The second-order valence-corrected chi connectivity index (χ2v) is 4.26. The Kier molecular flexibility index (Phi) is 4.36. The van der Waals surface area contributed by atoms with Crippen molar-refractivity contribution in [1.29, 1.82) is 0 Å². The number of rotatable bonds is 5. The Morgan fingerprint density at radius 3 is 2.74 bits per heavy atom. The lowest BCUT2D eigenvalue weighted by Gasteiger charge is -2.23. The van der Waals surface area contributed by atoms with E-state index in [4.69, 9.17) is 10.5 Å². The summed E-state index contributed by atoms with van der Waals surface area (Å²) in [6, 6.07) is 11.9. The van der Waals surface area contributed by atoms with Crippen LogP contribution in [0, 0.1) is 0 Å². The van der Waals surface area contributed by atoms with E-state index in [0.29, 0.717) is 6.54 Å². The molecule has 0 fully saturated rings. The van der Waals surface area contributed by atoms with Crippen LogP contribution in [0.3, 0.4) is 0 Å². The van der Waals surface area contributed by atoms with Gasteiger partial charge in [-0.3, -0.25) is 0 Å². The quantitative estimate of drug-likeness (QED) is 0.893. The molecule has 2 N–H and O–H groups in total. The number of anilines is 2. The van der Waals surface area contributed by atoms with Crippen molar-refractivity contribution >= 4 is 11.5 Å². The van der Waals surface area contributed by atoms with Crippen LogP contribution < -0.4 is 15.4 Å². The van der Waals surface area contributed by atoms with Gasteiger partial charge in [0.2, 0.25) is 0 Å². The van der Waals surface area contributed by atoms with Crippen molar-refractivity contribution in [3.63, 3.8) is 0 Å². The van der Waals surface area contributed by atoms with Gasteiger partial charge in [0, 0.05) is 13.2 Å². The molecule has 0 amide bonds. The SMILES string of the molecule is COc1ccccc1N(C)c1ncccc1CCN. The first-order valence-electron chi connectivity index (χ1n) is 6.28. The molecule has 1 aromatic heterocycles. The highest BCUT2D eigenvalue weighted by Gasteiger charge is 2.13. The van der Waals surface area contributed by atoms with Crippen molar-refractivity contribution in [2.45, 2.75) is 6.42 Å². The van der Waals surface area contributed by atoms with Gasteiger partial charge in [0.1, 0.15) is 11.6 Å². The highest BCUT2D eigenvalue weighted by Crippen LogP contribution is 2.32. The number of methoxy groups -OCH3 is 1. The zero-order valence-electron chi connectivity index (χ0n) is 11.3. The van der Waals surface area contributed by atoms with Gasteiger partial charge in [-0.05, 0) is 36.7 Å². The monoisotopic (exact) mass is 257 g/mol. The van der Waals surface area contributed by atoms with Crippen LogP contribution in [0.5, 0.6) is 5.75 Å². The summed E-state index contributed by atoms with van der Waals surface area (Å²) >= 11 is 0. The smallest absolute Gasteiger partial charge is 0.142 e. The van der Waals surface area contributed by atoms with E-state index in [9.17, 15) is 0 Å². The fraction of sp³-hybridized carbons (Fsp3) is 0.267. The molecule has 1 aromatic carbocycles. The van der Waals surface area contributed by atoms with Gasteiger partial charge in [-0.25, -0.2) is 4.98 Å². The fourth-order valence-electron chi connectivity index (χ4n) is 2.10. The van der Waals surface area contributed by atoms with E-state index in [1.807, 2.05) is 42.3 Å². The molecule has 0 radical (unpaired) electrons. The van der Waals surface area contributed by atoms with E-state index in [1.54, 1.807) is 13.3 Å². The molecule has 0 saturated heterocycles. The van der Waals surface area contributed by atoms with Gasteiger partial charge in [0.25, 0.3) is 0 Å². The molecule has 0 aliphatic rings. The van der Waals surface area contributed by atoms with Gasteiger partial charge in [-0.15, -0.1) is 0 Å². The minimum Gasteiger partial charge on any atom is -0.495 e. The standard InChI is InChI=1S/C15H19N3O/c1-18(13-7-3-4-8-14(13)19-2)15-12(9-10-16)6-5-11-17-15/h3-8,11H,9-10,16H2,1-2H3. The molecule has 0 spiro atoms. The maximum Gasteiger partial charge on any atom is 0.142 e. The molecule has 0 unspecified atom stereocenters. The minimum absolute atomic E-state index is 0.610. The average Bonchev–Trinajstić information content (AvgIpc) is 2.47. The number of hydrogen-bond donors (Lipinski definition) is 1. The average molecular weight is 257 g/mol. The Morgan fingerprint density at radius 2 is 2.00 bits per heavy atom. The van der Waals surface area contributed by atoms with Crippen LogP contribution in [0.2, 0.25) is 0 Å². The number of pyridine rings is 1. The van der Waals surface area contributed by atoms with Gasteiger partial charge in [-0.1, -0.05) is 18.2 Å². The third kappa shape index (κ3) is 2.85. The van der Waals surface area contributed by atoms with Gasteiger partial charge in [-0.2, -0.15) is 0 Å². The summed E-state index contributed by atoms with van der Waals surface area (Å²) in [5.74, 6) is 1.74. The molecule has 0 saturated carbocycles. The highest BCUT2D eigenvalue weighted by molar-refractivity contribution is 5.68. The third-order valence-electron chi connectivity index (χ3n) is 3.05. The maximum absolute atomic E-state index is 5.65. The van der Waals surface area contributed by atoms with Crippen molar-refractivity contribution in [1.82, 2.24) is 4.98 Å². The Labute approximate surface area is 113 Å². The van der Waals surface area contributed by atoms with E-state index in [1.165, 1.54) is 0 Å². The van der Waals surface area contributed by atoms with E-state index in [-0.39, 0.29) is 0 Å². The zero-order valence-corrected chi connectivity index (χ0v) is 11.3. The summed E-state index contributed by atoms with van der Waals surface area (Å²) in [5.41, 5.74) is 7.78. The molecule has 0 aliphatic carbocycles. The Morgan fingerprint density at radius 1 is 1.21 bits per heavy atom. The van der Waals surface area contributed by atoms with Crippen molar-refractivity contribution in [2.24, 2.45) is 5.73 Å². The van der Waals surface area contributed by atoms with Gasteiger partial charge >= 0.3 is 0 Å². The first-order chi connectivity index (χ1) is 9.27. The Hall–Kier alpha value is -2.07. The molecule has 4 heteroatoms. The van der Waals surface area contributed by atoms with Crippen LogP contribution in [-0.4, -0.2) is 25.7 Å². The zero-order chi connectivity index (χ0) is 13.7. The number of benzene rings is 1. The molecule has 19 heavy (non-hydrogen) atoms. The van der Waals surface area contributed by atoms with Gasteiger partial charge < -0.3 is 15.4 Å². The number of aromatic nitrogens is 1. The van der Waals surface area contributed by atoms with Crippen LogP contribution in [0.15, 0.2) is 42.6 Å². The summed E-state index contributed by atoms with van der Waals surface area (Å²) < 4.78 is 5.39. The lowest BCUT2D eigenvalue weighted by Crippen LogP contribution is -2.16. The summed E-state index contributed by atoms with van der Waals surface area (Å²) in [4.78, 5) is 6.50. The maximum atomic E-state index is 5.65. The molecular weight excluding hydrogens is 238 g/mol. The van der Waals surface area contributed by atoms with Gasteiger partial charge in [0.15, 0.2) is 0 Å². The lowest BCUT2D eigenvalue weighted by atomic mass is 10.1. The molecule has 2 aromatic rings. The lowest BCUT2D eigenvalue weighted by molar-refractivity contribution is 0.415. The van der Waals surface area contributed by atoms with Crippen molar-refractivity contribution < 1.29 is 4.74 Å². The Bertz CT molecular complexity index is 542. The normalized spacial score (nSPS) is 10.3. The van der Waals surface area contributed by atoms with Gasteiger partial charge in [0.05, 0.1) is 12.8 Å². The number of nitrogens with two attached hydrogens (primary N) is 1. The van der Waals surface area contributed by atoms with Crippen LogP contribution >= 0.6 is 0 Å². The summed E-state index contributed by atoms with van der Waals surface area (Å²) in [6.45, 7) is 0.610. The van der Waals surface area contributed by atoms with E-state index in [0.717, 1.165) is 29.2 Å². The van der Waals surface area contributed by atoms with E-state index >= 15 is 0 Å². The number of para-hydroxylation sites is 2. The predicted molar refractivity (Wildman–Crippen MR) is 78.1 cm³/mol. The van der Waals surface area contributed by atoms with Crippen molar-refractivity contribution in [3.8, 4) is 5.75 Å². The van der Waals surface area contributed by atoms with Crippen LogP contribution in [-0.2, 0) is 6.42 Å². The van der Waals surface area contributed by atoms with E-state index in [2.05, 4.69) is 11.1 Å². The van der Waals surface area contributed by atoms with Crippen LogP contribution in [0.1, 0.15) is 5.56 Å². The summed E-state index contributed by atoms with van der Waals surface area (Å²) in [5, 5.41) is 0. The number of nitrogens with zero attached hydrogens (tertiary/aromatic N) is 2. The minimum atomic E-state index is 0.610. The summed E-state index contributed by atoms with van der Waals surface area (Å²) in [7, 11) is 3.66. The molecule has 1 heterocycles.